The molecule has 0 aromatic heterocycles. The molecule has 0 aliphatic carbocycles. The molecule has 0 radical (unpaired) electrons. The number of hydrogen-bond donors (Lipinski definition) is 0. The van der Waals surface area contributed by atoms with E-state index in [9.17, 15) is 0 Å². The molecule has 0 aromatic rings. The topological polar surface area (TPSA) is 18.5 Å². The Kier molecular flexibility index (Phi) is 13.2. The zero-order valence-corrected chi connectivity index (χ0v) is 11.8. The summed E-state index contributed by atoms with van der Waals surface area (Å²) in [5.74, 6) is 0. The summed E-state index contributed by atoms with van der Waals surface area (Å²) in [6.07, 6.45) is 9.99. The van der Waals surface area contributed by atoms with Crippen molar-refractivity contribution in [3.05, 3.63) is 12.7 Å². The second-order valence-corrected chi connectivity index (χ2v) is 5.43. The summed E-state index contributed by atoms with van der Waals surface area (Å²) in [5.41, 5.74) is 0. The first-order chi connectivity index (χ1) is 7.85. The van der Waals surface area contributed by atoms with Crippen LogP contribution in [0.5, 0.6) is 0 Å². The van der Waals surface area contributed by atoms with Crippen molar-refractivity contribution in [2.75, 3.05) is 19.4 Å². The van der Waals surface area contributed by atoms with Gasteiger partial charge >= 0.3 is 0 Å². The molecule has 0 aromatic carbocycles. The SMILES string of the molecule is C=CCP(OCCCCC)OCCCCC. The van der Waals surface area contributed by atoms with Crippen molar-refractivity contribution >= 4 is 8.38 Å². The molecule has 96 valence electrons. The number of unbranched alkanes of at least 4 members (excludes halogenated alkanes) is 4. The molecule has 0 heterocycles. The van der Waals surface area contributed by atoms with Crippen LogP contribution in [0.15, 0.2) is 12.7 Å². The predicted octanol–water partition coefficient (Wildman–Crippen LogP) is 4.90. The molecule has 0 fully saturated rings. The zero-order chi connectivity index (χ0) is 12.1. The lowest BCUT2D eigenvalue weighted by molar-refractivity contribution is 0.242. The lowest BCUT2D eigenvalue weighted by Gasteiger charge is -2.15. The van der Waals surface area contributed by atoms with E-state index in [1.807, 2.05) is 6.08 Å². The van der Waals surface area contributed by atoms with Crippen molar-refractivity contribution in [3.8, 4) is 0 Å². The molecule has 2 nitrogen and oxygen atoms in total. The molecule has 0 saturated heterocycles. The Morgan fingerprint density at radius 1 is 0.938 bits per heavy atom. The Morgan fingerprint density at radius 3 is 1.81 bits per heavy atom. The van der Waals surface area contributed by atoms with Crippen molar-refractivity contribution in [3.63, 3.8) is 0 Å². The largest absolute Gasteiger partial charge is 0.334 e. The maximum atomic E-state index is 5.74. The summed E-state index contributed by atoms with van der Waals surface area (Å²) in [4.78, 5) is 0. The standard InChI is InChI=1S/C13H27O2P/c1-4-7-9-11-14-16(13-6-3)15-12-10-8-5-2/h6H,3-5,7-13H2,1-2H3. The maximum absolute atomic E-state index is 5.74. The summed E-state index contributed by atoms with van der Waals surface area (Å²) in [6, 6.07) is 0. The minimum absolute atomic E-state index is 0.712. The molecule has 0 unspecified atom stereocenters. The van der Waals surface area contributed by atoms with Crippen LogP contribution in [0.2, 0.25) is 0 Å². The Hall–Kier alpha value is 0.0900. The Morgan fingerprint density at radius 2 is 1.44 bits per heavy atom. The molecule has 0 aliphatic heterocycles. The first-order valence-electron chi connectivity index (χ1n) is 6.49. The number of allylic oxidation sites excluding steroid dienone is 1. The van der Waals surface area contributed by atoms with Crippen LogP contribution in [0.25, 0.3) is 0 Å². The fourth-order valence-electron chi connectivity index (χ4n) is 1.28. The molecule has 0 atom stereocenters. The monoisotopic (exact) mass is 246 g/mol. The van der Waals surface area contributed by atoms with Crippen LogP contribution in [0.3, 0.4) is 0 Å². The average Bonchev–Trinajstić information content (AvgIpc) is 2.30. The molecule has 0 N–H and O–H groups in total. The third-order valence-corrected chi connectivity index (χ3v) is 3.74. The molecule has 0 aliphatic rings. The summed E-state index contributed by atoms with van der Waals surface area (Å²) in [5, 5.41) is 0. The first-order valence-corrected chi connectivity index (χ1v) is 7.85. The molecular weight excluding hydrogens is 219 g/mol. The van der Waals surface area contributed by atoms with Crippen LogP contribution in [0.1, 0.15) is 52.4 Å². The second kappa shape index (κ2) is 13.2. The zero-order valence-electron chi connectivity index (χ0n) is 10.9. The van der Waals surface area contributed by atoms with Gasteiger partial charge in [0.25, 0.3) is 0 Å². The van der Waals surface area contributed by atoms with E-state index in [0.717, 1.165) is 32.2 Å². The molecular formula is C13H27O2P. The van der Waals surface area contributed by atoms with Gasteiger partial charge in [-0.1, -0.05) is 45.6 Å². The fourth-order valence-corrected chi connectivity index (χ4v) is 2.45. The van der Waals surface area contributed by atoms with Gasteiger partial charge in [-0.15, -0.1) is 6.58 Å². The van der Waals surface area contributed by atoms with Crippen LogP contribution in [-0.2, 0) is 9.05 Å². The maximum Gasteiger partial charge on any atom is 0.174 e. The molecule has 0 bridgehead atoms. The Balaban J connectivity index is 3.49. The van der Waals surface area contributed by atoms with Gasteiger partial charge in [0.15, 0.2) is 8.38 Å². The summed E-state index contributed by atoms with van der Waals surface area (Å²) >= 11 is 0. The summed E-state index contributed by atoms with van der Waals surface area (Å²) in [7, 11) is -0.712. The van der Waals surface area contributed by atoms with Crippen LogP contribution in [-0.4, -0.2) is 19.4 Å². The van der Waals surface area contributed by atoms with Crippen molar-refractivity contribution in [1.29, 1.82) is 0 Å². The highest BCUT2D eigenvalue weighted by atomic mass is 31.2. The van der Waals surface area contributed by atoms with Gasteiger partial charge in [-0.3, -0.25) is 0 Å². The van der Waals surface area contributed by atoms with E-state index in [4.69, 9.17) is 9.05 Å². The van der Waals surface area contributed by atoms with E-state index in [1.54, 1.807) is 0 Å². The van der Waals surface area contributed by atoms with Gasteiger partial charge in [0.1, 0.15) is 0 Å². The fraction of sp³-hybridized carbons (Fsp3) is 0.846. The quantitative estimate of drug-likeness (QED) is 0.277. The van der Waals surface area contributed by atoms with Gasteiger partial charge in [-0.25, -0.2) is 0 Å². The molecule has 16 heavy (non-hydrogen) atoms. The minimum atomic E-state index is -0.712. The van der Waals surface area contributed by atoms with Gasteiger partial charge < -0.3 is 9.05 Å². The van der Waals surface area contributed by atoms with E-state index in [-0.39, 0.29) is 0 Å². The van der Waals surface area contributed by atoms with Gasteiger partial charge in [0.05, 0.1) is 13.2 Å². The van der Waals surface area contributed by atoms with Crippen molar-refractivity contribution in [2.45, 2.75) is 52.4 Å². The molecule has 0 saturated carbocycles. The van der Waals surface area contributed by atoms with Gasteiger partial charge in [0.2, 0.25) is 0 Å². The third kappa shape index (κ3) is 10.6. The highest BCUT2D eigenvalue weighted by Crippen LogP contribution is 2.38. The first kappa shape index (κ1) is 16.1. The van der Waals surface area contributed by atoms with Crippen molar-refractivity contribution in [1.82, 2.24) is 0 Å². The molecule has 3 heteroatoms. The molecule has 0 rings (SSSR count). The summed E-state index contributed by atoms with van der Waals surface area (Å²) in [6.45, 7) is 9.82. The Labute approximate surface area is 102 Å². The molecule has 0 spiro atoms. The number of rotatable bonds is 12. The lowest BCUT2D eigenvalue weighted by atomic mass is 10.3. The van der Waals surface area contributed by atoms with E-state index in [0.29, 0.717) is 0 Å². The summed E-state index contributed by atoms with van der Waals surface area (Å²) < 4.78 is 11.5. The van der Waals surface area contributed by atoms with E-state index in [2.05, 4.69) is 20.4 Å². The van der Waals surface area contributed by atoms with Crippen LogP contribution < -0.4 is 0 Å². The minimum Gasteiger partial charge on any atom is -0.334 e. The highest BCUT2D eigenvalue weighted by molar-refractivity contribution is 7.47. The van der Waals surface area contributed by atoms with Crippen LogP contribution >= 0.6 is 8.38 Å². The van der Waals surface area contributed by atoms with Crippen molar-refractivity contribution in [2.24, 2.45) is 0 Å². The van der Waals surface area contributed by atoms with Crippen molar-refractivity contribution < 1.29 is 9.05 Å². The Bertz CT molecular complexity index is 139. The van der Waals surface area contributed by atoms with Crippen LogP contribution in [0, 0.1) is 0 Å². The van der Waals surface area contributed by atoms with Gasteiger partial charge in [-0.05, 0) is 12.8 Å². The average molecular weight is 246 g/mol. The predicted molar refractivity (Wildman–Crippen MR) is 72.9 cm³/mol. The highest BCUT2D eigenvalue weighted by Gasteiger charge is 2.07. The number of hydrogen-bond acceptors (Lipinski definition) is 2. The van der Waals surface area contributed by atoms with Crippen LogP contribution in [0.4, 0.5) is 0 Å². The smallest absolute Gasteiger partial charge is 0.174 e. The van der Waals surface area contributed by atoms with Gasteiger partial charge in [0, 0.05) is 6.16 Å². The normalized spacial score (nSPS) is 10.9. The van der Waals surface area contributed by atoms with Gasteiger partial charge in [-0.2, -0.15) is 0 Å². The van der Waals surface area contributed by atoms with E-state index in [1.165, 1.54) is 25.7 Å². The van der Waals surface area contributed by atoms with E-state index < -0.39 is 8.38 Å². The molecule has 0 amide bonds. The van der Waals surface area contributed by atoms with E-state index >= 15 is 0 Å². The third-order valence-electron chi connectivity index (χ3n) is 2.24. The second-order valence-electron chi connectivity index (χ2n) is 3.88. The lowest BCUT2D eigenvalue weighted by Crippen LogP contribution is -1.97.